The van der Waals surface area contributed by atoms with Gasteiger partial charge in [0.05, 0.1) is 6.61 Å². The van der Waals surface area contributed by atoms with Crippen LogP contribution in [-0.2, 0) is 19.1 Å². The number of unbranched alkanes of at least 4 members (excludes halogenated alkanes) is 3. The van der Waals surface area contributed by atoms with E-state index in [1.807, 2.05) is 12.2 Å². The Morgan fingerprint density at radius 2 is 0.656 bits per heavy atom. The van der Waals surface area contributed by atoms with Crippen LogP contribution >= 0.6 is 0 Å². The van der Waals surface area contributed by atoms with Gasteiger partial charge in [0.25, 0.3) is 0 Å². The molecule has 0 aliphatic rings. The zero-order valence-corrected chi connectivity index (χ0v) is 39.9. The van der Waals surface area contributed by atoms with Crippen LogP contribution in [0.5, 0.6) is 0 Å². The zero-order chi connectivity index (χ0) is 46.3. The molecule has 0 fully saturated rings. The second-order valence-corrected chi connectivity index (χ2v) is 15.1. The van der Waals surface area contributed by atoms with Gasteiger partial charge in [0.15, 0.2) is 6.10 Å². The van der Waals surface area contributed by atoms with Crippen LogP contribution in [0.3, 0.4) is 0 Å². The lowest BCUT2D eigenvalue weighted by molar-refractivity contribution is -0.161. The molecule has 1 atom stereocenters. The minimum Gasteiger partial charge on any atom is -0.462 e. The molecule has 0 aromatic rings. The third-order valence-corrected chi connectivity index (χ3v) is 9.21. The summed E-state index contributed by atoms with van der Waals surface area (Å²) in [7, 11) is 0. The third-order valence-electron chi connectivity index (χ3n) is 9.21. The molecule has 1 unspecified atom stereocenters. The third kappa shape index (κ3) is 49.7. The summed E-state index contributed by atoms with van der Waals surface area (Å²) in [5, 5.41) is 9.57. The minimum absolute atomic E-state index is 0.131. The quantitative estimate of drug-likeness (QED) is 0.0376. The number of ether oxygens (including phenoxy) is 2. The van der Waals surface area contributed by atoms with Crippen LogP contribution in [0.25, 0.3) is 0 Å². The van der Waals surface area contributed by atoms with Crippen molar-refractivity contribution in [3.8, 4) is 0 Å². The minimum atomic E-state index is -0.833. The summed E-state index contributed by atoms with van der Waals surface area (Å²) in [6.07, 6.45) is 84.3. The summed E-state index contributed by atoms with van der Waals surface area (Å²) in [6.45, 7) is 3.78. The van der Waals surface area contributed by atoms with Gasteiger partial charge in [-0.1, -0.05) is 203 Å². The van der Waals surface area contributed by atoms with Crippen molar-refractivity contribution in [2.45, 2.75) is 161 Å². The van der Waals surface area contributed by atoms with Gasteiger partial charge in [0.2, 0.25) is 0 Å². The van der Waals surface area contributed by atoms with Gasteiger partial charge < -0.3 is 14.6 Å². The van der Waals surface area contributed by atoms with E-state index in [0.717, 1.165) is 122 Å². The SMILES string of the molecule is CC/C=C\C/C=C\C/C=C\C/C=C\C/C=C\C/C=C\C/C=C\C/C=C\C/C=C\C/C=C\C/C=C\CCCCCC(=O)OC(CO)COC(=O)CC/C=C\C/C=C\C/C=C\C/C=C\CC. The van der Waals surface area contributed by atoms with Crippen LogP contribution in [0, 0.1) is 0 Å². The molecule has 352 valence electrons. The van der Waals surface area contributed by atoms with Crippen molar-refractivity contribution in [3.05, 3.63) is 182 Å². The average molecular weight is 875 g/mol. The lowest BCUT2D eigenvalue weighted by Crippen LogP contribution is -2.28. The first-order chi connectivity index (χ1) is 31.6. The fourth-order valence-electron chi connectivity index (χ4n) is 5.63. The monoisotopic (exact) mass is 875 g/mol. The van der Waals surface area contributed by atoms with Gasteiger partial charge in [-0.2, -0.15) is 0 Å². The van der Waals surface area contributed by atoms with Gasteiger partial charge in [-0.15, -0.1) is 0 Å². The lowest BCUT2D eigenvalue weighted by Gasteiger charge is -2.15. The van der Waals surface area contributed by atoms with E-state index < -0.39 is 6.10 Å². The Bertz CT molecular complexity index is 1550. The highest BCUT2D eigenvalue weighted by Crippen LogP contribution is 2.08. The number of aliphatic hydroxyl groups excluding tert-OH is 1. The number of carbonyl (C=O) groups excluding carboxylic acids is 2. The van der Waals surface area contributed by atoms with Crippen molar-refractivity contribution in [3.63, 3.8) is 0 Å². The van der Waals surface area contributed by atoms with Crippen LogP contribution < -0.4 is 0 Å². The molecule has 0 bridgehead atoms. The number of hydrogen-bond donors (Lipinski definition) is 1. The van der Waals surface area contributed by atoms with E-state index >= 15 is 0 Å². The molecule has 5 heteroatoms. The number of allylic oxidation sites excluding steroid dienone is 30. The van der Waals surface area contributed by atoms with Crippen LogP contribution in [0.2, 0.25) is 0 Å². The van der Waals surface area contributed by atoms with Crippen molar-refractivity contribution in [1.82, 2.24) is 0 Å². The van der Waals surface area contributed by atoms with E-state index in [1.54, 1.807) is 0 Å². The molecule has 64 heavy (non-hydrogen) atoms. The number of hydrogen-bond acceptors (Lipinski definition) is 5. The van der Waals surface area contributed by atoms with E-state index in [2.05, 4.69) is 184 Å². The predicted octanol–water partition coefficient (Wildman–Crippen LogP) is 16.4. The molecule has 0 aliphatic heterocycles. The van der Waals surface area contributed by atoms with Crippen LogP contribution in [0.15, 0.2) is 182 Å². The van der Waals surface area contributed by atoms with Crippen LogP contribution in [-0.4, -0.2) is 36.4 Å². The fraction of sp³-hybridized carbons (Fsp3) is 0.458. The van der Waals surface area contributed by atoms with Crippen LogP contribution in [0.4, 0.5) is 0 Å². The Kier molecular flexibility index (Phi) is 48.3. The lowest BCUT2D eigenvalue weighted by atomic mass is 10.1. The van der Waals surface area contributed by atoms with Crippen LogP contribution in [0.1, 0.15) is 155 Å². The fourth-order valence-corrected chi connectivity index (χ4v) is 5.63. The van der Waals surface area contributed by atoms with Gasteiger partial charge in [0.1, 0.15) is 6.61 Å². The molecule has 0 saturated heterocycles. The summed E-state index contributed by atoms with van der Waals surface area (Å²) in [6, 6.07) is 0. The second-order valence-electron chi connectivity index (χ2n) is 15.1. The van der Waals surface area contributed by atoms with E-state index in [-0.39, 0.29) is 38.0 Å². The Morgan fingerprint density at radius 3 is 0.969 bits per heavy atom. The standard InChI is InChI=1S/C59H86O5/c1-3-5-7-9-11-13-15-17-18-19-20-21-22-23-24-25-26-27-28-29-30-31-32-33-34-35-36-37-38-39-40-42-44-46-48-50-52-54-59(62)64-57(55-60)56-63-58(61)53-51-49-47-45-43-41-16-14-12-10-8-6-4-2/h5-8,11-14,17-18,20-21,23-24,26-27,29-30,32-33,35-36,38-39,41-44,47,49,57,60H,3-4,9-10,15-16,19,22,25,28,31,34,37,40,45-46,48,50-56H2,1-2H3/b7-5-,8-6-,13-11-,14-12-,18-17-,21-20-,24-23-,27-26-,30-29-,33-32-,36-35-,39-38-,43-41-,44-42-,49-47-. The molecule has 0 aliphatic carbocycles. The number of esters is 2. The molecular formula is C59H86O5. The summed E-state index contributed by atoms with van der Waals surface area (Å²) >= 11 is 0. The Morgan fingerprint density at radius 1 is 0.359 bits per heavy atom. The van der Waals surface area contributed by atoms with Crippen molar-refractivity contribution < 1.29 is 24.2 Å². The highest BCUT2D eigenvalue weighted by Gasteiger charge is 2.15. The highest BCUT2D eigenvalue weighted by molar-refractivity contribution is 5.70. The van der Waals surface area contributed by atoms with Gasteiger partial charge in [-0.05, 0) is 122 Å². The Balaban J connectivity index is 3.77. The van der Waals surface area contributed by atoms with Crippen molar-refractivity contribution in [1.29, 1.82) is 0 Å². The first kappa shape index (κ1) is 59.0. The van der Waals surface area contributed by atoms with Gasteiger partial charge in [-0.3, -0.25) is 9.59 Å². The smallest absolute Gasteiger partial charge is 0.306 e. The normalized spacial score (nSPS) is 13.9. The molecule has 0 saturated carbocycles. The van der Waals surface area contributed by atoms with E-state index in [4.69, 9.17) is 9.47 Å². The first-order valence-electron chi connectivity index (χ1n) is 24.3. The topological polar surface area (TPSA) is 72.8 Å². The predicted molar refractivity (Wildman–Crippen MR) is 278 cm³/mol. The number of carbonyl (C=O) groups is 2. The summed E-state index contributed by atoms with van der Waals surface area (Å²) in [4.78, 5) is 24.3. The van der Waals surface area contributed by atoms with E-state index in [0.29, 0.717) is 6.42 Å². The first-order valence-corrected chi connectivity index (χ1v) is 24.3. The van der Waals surface area contributed by atoms with Gasteiger partial charge in [-0.25, -0.2) is 0 Å². The Hall–Kier alpha value is -5.00. The van der Waals surface area contributed by atoms with E-state index in [1.165, 1.54) is 0 Å². The van der Waals surface area contributed by atoms with Crippen molar-refractivity contribution in [2.24, 2.45) is 0 Å². The van der Waals surface area contributed by atoms with Gasteiger partial charge >= 0.3 is 11.9 Å². The summed E-state index contributed by atoms with van der Waals surface area (Å²) in [5.74, 6) is -0.745. The maximum absolute atomic E-state index is 12.2. The Labute approximate surface area is 391 Å². The molecule has 0 rings (SSSR count). The summed E-state index contributed by atoms with van der Waals surface area (Å²) in [5.41, 5.74) is 0. The molecular weight excluding hydrogens is 789 g/mol. The van der Waals surface area contributed by atoms with Gasteiger partial charge in [0, 0.05) is 12.8 Å². The molecule has 0 heterocycles. The zero-order valence-electron chi connectivity index (χ0n) is 39.9. The summed E-state index contributed by atoms with van der Waals surface area (Å²) < 4.78 is 10.5. The molecule has 0 aromatic heterocycles. The van der Waals surface area contributed by atoms with E-state index in [9.17, 15) is 14.7 Å². The van der Waals surface area contributed by atoms with Crippen molar-refractivity contribution >= 4 is 11.9 Å². The largest absolute Gasteiger partial charge is 0.462 e. The maximum Gasteiger partial charge on any atom is 0.306 e. The molecule has 0 amide bonds. The molecule has 0 spiro atoms. The molecule has 0 radical (unpaired) electrons. The number of rotatable bonds is 41. The maximum atomic E-state index is 12.2. The average Bonchev–Trinajstić information content (AvgIpc) is 3.30. The second kappa shape index (κ2) is 52.3. The highest BCUT2D eigenvalue weighted by atomic mass is 16.6. The molecule has 0 aromatic carbocycles. The van der Waals surface area contributed by atoms with Crippen molar-refractivity contribution in [2.75, 3.05) is 13.2 Å². The number of aliphatic hydroxyl groups is 1. The molecule has 5 nitrogen and oxygen atoms in total. The molecule has 1 N–H and O–H groups in total.